The van der Waals surface area contributed by atoms with Crippen molar-refractivity contribution in [2.45, 2.75) is 19.8 Å². The van der Waals surface area contributed by atoms with Crippen LogP contribution in [0.4, 0.5) is 0 Å². The number of hydrogen-bond acceptors (Lipinski definition) is 2. The standard InChI is InChI=1S/C10H15NO/c1-7(11-12-2)10-6-8-3-4-9(10)5-8/h3-4,8-10H,5-6H2,1-2H3/b11-7+/t8-,9+,10-/m0/s1. The molecule has 0 radical (unpaired) electrons. The van der Waals surface area contributed by atoms with Gasteiger partial charge < -0.3 is 4.84 Å². The summed E-state index contributed by atoms with van der Waals surface area (Å²) >= 11 is 0. The van der Waals surface area contributed by atoms with Gasteiger partial charge in [0.15, 0.2) is 0 Å². The van der Waals surface area contributed by atoms with Crippen molar-refractivity contribution in [3.05, 3.63) is 12.2 Å². The van der Waals surface area contributed by atoms with Gasteiger partial charge in [0, 0.05) is 5.92 Å². The van der Waals surface area contributed by atoms with Crippen LogP contribution in [0.3, 0.4) is 0 Å². The van der Waals surface area contributed by atoms with E-state index in [2.05, 4.69) is 24.2 Å². The maximum Gasteiger partial charge on any atom is 0.106 e. The lowest BCUT2D eigenvalue weighted by atomic mass is 9.90. The normalized spacial score (nSPS) is 39.2. The number of hydrogen-bond donors (Lipinski definition) is 0. The van der Waals surface area contributed by atoms with Crippen LogP contribution in [-0.2, 0) is 4.84 Å². The molecule has 0 unspecified atom stereocenters. The molecule has 2 heteroatoms. The molecule has 2 rings (SSSR count). The molecule has 2 nitrogen and oxygen atoms in total. The third kappa shape index (κ3) is 1.15. The van der Waals surface area contributed by atoms with Crippen LogP contribution in [0.15, 0.2) is 17.3 Å². The number of allylic oxidation sites excluding steroid dienone is 2. The van der Waals surface area contributed by atoms with Gasteiger partial charge in [-0.1, -0.05) is 17.3 Å². The van der Waals surface area contributed by atoms with Gasteiger partial charge >= 0.3 is 0 Å². The van der Waals surface area contributed by atoms with Gasteiger partial charge in [-0.05, 0) is 31.6 Å². The molecule has 66 valence electrons. The summed E-state index contributed by atoms with van der Waals surface area (Å²) in [6.45, 7) is 2.07. The van der Waals surface area contributed by atoms with Crippen molar-refractivity contribution in [3.63, 3.8) is 0 Å². The van der Waals surface area contributed by atoms with Crippen LogP contribution in [0, 0.1) is 17.8 Å². The molecule has 0 spiro atoms. The second-order valence-electron chi connectivity index (χ2n) is 3.80. The first-order chi connectivity index (χ1) is 5.81. The molecule has 1 fully saturated rings. The Labute approximate surface area is 73.3 Å². The highest BCUT2D eigenvalue weighted by Gasteiger charge is 2.37. The molecule has 12 heavy (non-hydrogen) atoms. The molecule has 0 saturated heterocycles. The molecule has 0 aromatic heterocycles. The highest BCUT2D eigenvalue weighted by atomic mass is 16.6. The molecule has 0 N–H and O–H groups in total. The Morgan fingerprint density at radius 3 is 2.75 bits per heavy atom. The van der Waals surface area contributed by atoms with Crippen molar-refractivity contribution in [2.75, 3.05) is 7.11 Å². The average Bonchev–Trinajstić information content (AvgIpc) is 2.64. The summed E-state index contributed by atoms with van der Waals surface area (Å²) in [5.41, 5.74) is 1.16. The summed E-state index contributed by atoms with van der Waals surface area (Å²) in [5, 5.41) is 4.01. The summed E-state index contributed by atoms with van der Waals surface area (Å²) in [7, 11) is 1.62. The van der Waals surface area contributed by atoms with Crippen LogP contribution >= 0.6 is 0 Å². The molecule has 0 aliphatic heterocycles. The van der Waals surface area contributed by atoms with Gasteiger partial charge in [0.1, 0.15) is 7.11 Å². The lowest BCUT2D eigenvalue weighted by Gasteiger charge is -2.16. The van der Waals surface area contributed by atoms with Gasteiger partial charge in [0.25, 0.3) is 0 Å². The lowest BCUT2D eigenvalue weighted by Crippen LogP contribution is -2.16. The number of nitrogens with zero attached hydrogens (tertiary/aromatic N) is 1. The SMILES string of the molecule is CO/N=C(\C)[C@@H]1C[C@H]2C=C[C@@H]1C2. The molecule has 0 aromatic carbocycles. The molecule has 0 aromatic rings. The summed E-state index contributed by atoms with van der Waals surface area (Å²) in [4.78, 5) is 4.79. The van der Waals surface area contributed by atoms with E-state index in [-0.39, 0.29) is 0 Å². The fourth-order valence-corrected chi connectivity index (χ4v) is 2.47. The van der Waals surface area contributed by atoms with E-state index in [1.165, 1.54) is 12.8 Å². The molecule has 2 bridgehead atoms. The Bertz CT molecular complexity index is 232. The van der Waals surface area contributed by atoms with E-state index >= 15 is 0 Å². The first-order valence-electron chi connectivity index (χ1n) is 4.57. The Morgan fingerprint density at radius 2 is 2.25 bits per heavy atom. The van der Waals surface area contributed by atoms with Crippen LogP contribution in [0.5, 0.6) is 0 Å². The van der Waals surface area contributed by atoms with Crippen LogP contribution < -0.4 is 0 Å². The Balaban J connectivity index is 2.07. The zero-order valence-corrected chi connectivity index (χ0v) is 7.66. The molecular weight excluding hydrogens is 150 g/mol. The summed E-state index contributed by atoms with van der Waals surface area (Å²) in [6, 6.07) is 0. The Hall–Kier alpha value is -0.790. The number of fused-ring (bicyclic) bond motifs is 2. The van der Waals surface area contributed by atoms with Crippen LogP contribution in [0.1, 0.15) is 19.8 Å². The summed E-state index contributed by atoms with van der Waals surface area (Å²) < 4.78 is 0. The minimum absolute atomic E-state index is 0.653. The monoisotopic (exact) mass is 165 g/mol. The third-order valence-corrected chi connectivity index (χ3v) is 3.05. The van der Waals surface area contributed by atoms with E-state index in [1.807, 2.05) is 0 Å². The van der Waals surface area contributed by atoms with Crippen LogP contribution in [0.25, 0.3) is 0 Å². The topological polar surface area (TPSA) is 21.6 Å². The van der Waals surface area contributed by atoms with Crippen LogP contribution in [0.2, 0.25) is 0 Å². The Morgan fingerprint density at radius 1 is 1.42 bits per heavy atom. The van der Waals surface area contributed by atoms with E-state index in [1.54, 1.807) is 7.11 Å². The fraction of sp³-hybridized carbons (Fsp3) is 0.700. The number of oxime groups is 1. The van der Waals surface area contributed by atoms with Crippen molar-refractivity contribution in [2.24, 2.45) is 22.9 Å². The predicted octanol–water partition coefficient (Wildman–Crippen LogP) is 2.22. The van der Waals surface area contributed by atoms with Crippen molar-refractivity contribution < 1.29 is 4.84 Å². The zero-order valence-electron chi connectivity index (χ0n) is 7.66. The van der Waals surface area contributed by atoms with Crippen molar-refractivity contribution >= 4 is 5.71 Å². The minimum atomic E-state index is 0.653. The van der Waals surface area contributed by atoms with E-state index in [0.29, 0.717) is 5.92 Å². The molecule has 3 atom stereocenters. The van der Waals surface area contributed by atoms with Crippen molar-refractivity contribution in [3.8, 4) is 0 Å². The smallest absolute Gasteiger partial charge is 0.106 e. The van der Waals surface area contributed by atoms with Crippen molar-refractivity contribution in [1.82, 2.24) is 0 Å². The van der Waals surface area contributed by atoms with Crippen molar-refractivity contribution in [1.29, 1.82) is 0 Å². The first kappa shape index (κ1) is 7.84. The van der Waals surface area contributed by atoms with E-state index in [0.717, 1.165) is 17.5 Å². The quantitative estimate of drug-likeness (QED) is 0.349. The largest absolute Gasteiger partial charge is 0.399 e. The predicted molar refractivity (Wildman–Crippen MR) is 49.0 cm³/mol. The second kappa shape index (κ2) is 2.92. The van der Waals surface area contributed by atoms with Crippen LogP contribution in [-0.4, -0.2) is 12.8 Å². The van der Waals surface area contributed by atoms with Gasteiger partial charge in [0.05, 0.1) is 5.71 Å². The lowest BCUT2D eigenvalue weighted by molar-refractivity contribution is 0.210. The summed E-state index contributed by atoms with van der Waals surface area (Å²) in [6.07, 6.45) is 7.30. The highest BCUT2D eigenvalue weighted by molar-refractivity contribution is 5.85. The number of rotatable bonds is 2. The van der Waals surface area contributed by atoms with Gasteiger partial charge in [-0.3, -0.25) is 0 Å². The minimum Gasteiger partial charge on any atom is -0.399 e. The maximum absolute atomic E-state index is 4.79. The zero-order chi connectivity index (χ0) is 8.55. The first-order valence-corrected chi connectivity index (χ1v) is 4.57. The third-order valence-electron chi connectivity index (χ3n) is 3.05. The van der Waals surface area contributed by atoms with E-state index < -0.39 is 0 Å². The molecule has 0 amide bonds. The van der Waals surface area contributed by atoms with Gasteiger partial charge in [-0.15, -0.1) is 0 Å². The molecule has 0 heterocycles. The molecule has 2 aliphatic rings. The summed E-state index contributed by atoms with van der Waals surface area (Å²) in [5.74, 6) is 2.22. The van der Waals surface area contributed by atoms with E-state index in [9.17, 15) is 0 Å². The molecule has 1 saturated carbocycles. The second-order valence-corrected chi connectivity index (χ2v) is 3.80. The Kier molecular flexibility index (Phi) is 1.91. The van der Waals surface area contributed by atoms with Gasteiger partial charge in [0.2, 0.25) is 0 Å². The van der Waals surface area contributed by atoms with Gasteiger partial charge in [-0.2, -0.15) is 0 Å². The average molecular weight is 165 g/mol. The molecular formula is C10H15NO. The van der Waals surface area contributed by atoms with E-state index in [4.69, 9.17) is 4.84 Å². The molecule has 2 aliphatic carbocycles. The van der Waals surface area contributed by atoms with Gasteiger partial charge in [-0.25, -0.2) is 0 Å². The highest BCUT2D eigenvalue weighted by Crippen LogP contribution is 2.43. The maximum atomic E-state index is 4.79. The fourth-order valence-electron chi connectivity index (χ4n) is 2.47.